The summed E-state index contributed by atoms with van der Waals surface area (Å²) in [5.74, 6) is -0.991. The van der Waals surface area contributed by atoms with Crippen molar-refractivity contribution in [1.29, 1.82) is 0 Å². The predicted octanol–water partition coefficient (Wildman–Crippen LogP) is 5.67. The van der Waals surface area contributed by atoms with Crippen LogP contribution in [0.3, 0.4) is 0 Å². The summed E-state index contributed by atoms with van der Waals surface area (Å²) in [5, 5.41) is 11.6. The van der Waals surface area contributed by atoms with Crippen molar-refractivity contribution in [3.05, 3.63) is 69.8 Å². The molecule has 1 amide bonds. The number of Topliss-reactive ketones (excluding diaryl/α,β-unsaturated/α-hetero) is 1. The average molecular weight is 454 g/mol. The fourth-order valence-electron chi connectivity index (χ4n) is 4.81. The van der Waals surface area contributed by atoms with Gasteiger partial charge in [-0.1, -0.05) is 62.1 Å². The maximum atomic E-state index is 13.3. The van der Waals surface area contributed by atoms with Crippen molar-refractivity contribution in [2.24, 2.45) is 0 Å². The van der Waals surface area contributed by atoms with Gasteiger partial charge in [0.25, 0.3) is 11.7 Å². The van der Waals surface area contributed by atoms with Crippen LogP contribution in [0.5, 0.6) is 5.75 Å². The molecule has 4 rings (SSSR count). The minimum Gasteiger partial charge on any atom is -0.507 e. The number of aryl methyl sites for hydroxylation is 1. The Morgan fingerprint density at radius 1 is 1.09 bits per heavy atom. The maximum absolute atomic E-state index is 13.3. The minimum absolute atomic E-state index is 0.0258. The molecular formula is C26H28ClNO4. The quantitative estimate of drug-likeness (QED) is 0.360. The fraction of sp³-hybridized carbons (Fsp3) is 0.385. The Bertz CT molecular complexity index is 1050. The number of halogens is 1. The summed E-state index contributed by atoms with van der Waals surface area (Å²) in [6, 6.07) is 12.1. The highest BCUT2D eigenvalue weighted by Gasteiger charge is 2.49. The SMILES string of the molecule is CCc1ccc(C2/C(=C(\O)c3cc(OC)ccc3Cl)C(=O)C(=O)N2C2CCCCC2)cc1. The maximum Gasteiger partial charge on any atom is 0.295 e. The third-order valence-corrected chi connectivity index (χ3v) is 6.91. The molecule has 1 atom stereocenters. The van der Waals surface area contributed by atoms with Gasteiger partial charge >= 0.3 is 0 Å². The molecule has 0 aromatic heterocycles. The second-order valence-corrected chi connectivity index (χ2v) is 8.85. The van der Waals surface area contributed by atoms with Gasteiger partial charge in [0, 0.05) is 11.6 Å². The summed E-state index contributed by atoms with van der Waals surface area (Å²) < 4.78 is 5.27. The molecule has 32 heavy (non-hydrogen) atoms. The number of carbonyl (C=O) groups is 2. The van der Waals surface area contributed by atoms with Crippen LogP contribution in [0.25, 0.3) is 5.76 Å². The lowest BCUT2D eigenvalue weighted by molar-refractivity contribution is -0.141. The summed E-state index contributed by atoms with van der Waals surface area (Å²) in [4.78, 5) is 28.2. The average Bonchev–Trinajstić information content (AvgIpc) is 3.10. The van der Waals surface area contributed by atoms with Crippen molar-refractivity contribution in [3.8, 4) is 5.75 Å². The van der Waals surface area contributed by atoms with E-state index in [1.807, 2.05) is 24.3 Å². The van der Waals surface area contributed by atoms with Crippen molar-refractivity contribution in [1.82, 2.24) is 4.90 Å². The summed E-state index contributed by atoms with van der Waals surface area (Å²) in [5.41, 5.74) is 2.34. The van der Waals surface area contributed by atoms with E-state index in [1.165, 1.54) is 12.7 Å². The molecule has 2 aromatic carbocycles. The largest absolute Gasteiger partial charge is 0.507 e. The van der Waals surface area contributed by atoms with Crippen LogP contribution >= 0.6 is 11.6 Å². The molecule has 2 aliphatic rings. The number of nitrogens with zero attached hydrogens (tertiary/aromatic N) is 1. The number of aliphatic hydroxyl groups excluding tert-OH is 1. The van der Waals surface area contributed by atoms with Crippen LogP contribution in [0.2, 0.25) is 5.02 Å². The van der Waals surface area contributed by atoms with E-state index in [1.54, 1.807) is 23.1 Å². The Labute approximate surface area is 193 Å². The number of carbonyl (C=O) groups excluding carboxylic acids is 2. The number of hydrogen-bond donors (Lipinski definition) is 1. The van der Waals surface area contributed by atoms with Gasteiger partial charge in [-0.05, 0) is 48.6 Å². The van der Waals surface area contributed by atoms with Crippen molar-refractivity contribution < 1.29 is 19.4 Å². The predicted molar refractivity (Wildman–Crippen MR) is 125 cm³/mol. The Hall–Kier alpha value is -2.79. The first-order chi connectivity index (χ1) is 15.5. The third kappa shape index (κ3) is 4.02. The van der Waals surface area contributed by atoms with Gasteiger partial charge in [-0.25, -0.2) is 0 Å². The molecule has 1 aliphatic carbocycles. The van der Waals surface area contributed by atoms with Gasteiger partial charge in [0.05, 0.1) is 23.7 Å². The highest BCUT2D eigenvalue weighted by molar-refractivity contribution is 6.47. The Balaban J connectivity index is 1.89. The molecule has 6 heteroatoms. The molecule has 1 aliphatic heterocycles. The minimum atomic E-state index is -0.670. The second kappa shape index (κ2) is 9.37. The first-order valence-corrected chi connectivity index (χ1v) is 11.6. The van der Waals surface area contributed by atoms with Crippen LogP contribution in [0.15, 0.2) is 48.0 Å². The van der Waals surface area contributed by atoms with Crippen LogP contribution in [-0.4, -0.2) is 34.8 Å². The summed E-state index contributed by atoms with van der Waals surface area (Å²) in [7, 11) is 1.52. The molecule has 1 saturated carbocycles. The Morgan fingerprint density at radius 3 is 2.41 bits per heavy atom. The van der Waals surface area contributed by atoms with Gasteiger partial charge in [0.15, 0.2) is 0 Å². The van der Waals surface area contributed by atoms with Crippen molar-refractivity contribution in [2.75, 3.05) is 7.11 Å². The van der Waals surface area contributed by atoms with Crippen LogP contribution in [0.4, 0.5) is 0 Å². The van der Waals surface area contributed by atoms with E-state index in [2.05, 4.69) is 6.92 Å². The summed E-state index contributed by atoms with van der Waals surface area (Å²) in [6.07, 6.45) is 5.79. The summed E-state index contributed by atoms with van der Waals surface area (Å²) >= 11 is 6.37. The molecule has 0 radical (unpaired) electrons. The van der Waals surface area contributed by atoms with Crippen molar-refractivity contribution in [2.45, 2.75) is 57.5 Å². The van der Waals surface area contributed by atoms with Gasteiger partial charge in [-0.3, -0.25) is 9.59 Å². The molecule has 1 heterocycles. The number of methoxy groups -OCH3 is 1. The molecule has 0 spiro atoms. The standard InChI is InChI=1S/C26H28ClNO4/c1-3-16-9-11-17(12-10-16)23-22(24(29)20-15-19(32-2)13-14-21(20)27)25(30)26(31)28(23)18-7-5-4-6-8-18/h9-15,18,23,29H,3-8H2,1-2H3/b24-22+. The number of likely N-dealkylation sites (tertiary alicyclic amines) is 1. The van der Waals surface area contributed by atoms with Gasteiger partial charge in [-0.15, -0.1) is 0 Å². The topological polar surface area (TPSA) is 66.8 Å². The van der Waals surface area contributed by atoms with Gasteiger partial charge < -0.3 is 14.7 Å². The highest BCUT2D eigenvalue weighted by Crippen LogP contribution is 2.44. The number of ketones is 1. The lowest BCUT2D eigenvalue weighted by Crippen LogP contribution is -2.40. The van der Waals surface area contributed by atoms with E-state index < -0.39 is 17.7 Å². The Kier molecular flexibility index (Phi) is 6.56. The van der Waals surface area contributed by atoms with Crippen LogP contribution in [0, 0.1) is 0 Å². The zero-order valence-corrected chi connectivity index (χ0v) is 19.2. The van der Waals surface area contributed by atoms with Gasteiger partial charge in [0.2, 0.25) is 0 Å². The molecule has 1 unspecified atom stereocenters. The first kappa shape index (κ1) is 22.4. The van der Waals surface area contributed by atoms with Crippen LogP contribution < -0.4 is 4.74 Å². The number of aliphatic hydroxyl groups is 1. The number of ether oxygens (including phenoxy) is 1. The van der Waals surface area contributed by atoms with E-state index >= 15 is 0 Å². The fourth-order valence-corrected chi connectivity index (χ4v) is 5.01. The monoisotopic (exact) mass is 453 g/mol. The van der Waals surface area contributed by atoms with Gasteiger partial charge in [0.1, 0.15) is 11.5 Å². The molecule has 2 aromatic rings. The lowest BCUT2D eigenvalue weighted by atomic mass is 9.90. The first-order valence-electron chi connectivity index (χ1n) is 11.2. The molecule has 1 N–H and O–H groups in total. The molecule has 5 nitrogen and oxygen atoms in total. The summed E-state index contributed by atoms with van der Waals surface area (Å²) in [6.45, 7) is 2.08. The van der Waals surface area contributed by atoms with E-state index in [0.717, 1.165) is 44.1 Å². The van der Waals surface area contributed by atoms with Gasteiger partial charge in [-0.2, -0.15) is 0 Å². The zero-order valence-electron chi connectivity index (χ0n) is 18.4. The molecular weight excluding hydrogens is 426 g/mol. The van der Waals surface area contributed by atoms with E-state index in [9.17, 15) is 14.7 Å². The second-order valence-electron chi connectivity index (χ2n) is 8.44. The normalized spacial score (nSPS) is 21.2. The smallest absolute Gasteiger partial charge is 0.295 e. The number of amides is 1. The van der Waals surface area contributed by atoms with E-state index in [0.29, 0.717) is 5.75 Å². The van der Waals surface area contributed by atoms with E-state index in [4.69, 9.17) is 16.3 Å². The van der Waals surface area contributed by atoms with Crippen molar-refractivity contribution in [3.63, 3.8) is 0 Å². The van der Waals surface area contributed by atoms with Crippen molar-refractivity contribution >= 4 is 29.1 Å². The van der Waals surface area contributed by atoms with E-state index in [-0.39, 0.29) is 28.0 Å². The highest BCUT2D eigenvalue weighted by atomic mass is 35.5. The number of hydrogen-bond acceptors (Lipinski definition) is 4. The third-order valence-electron chi connectivity index (χ3n) is 6.58. The molecule has 1 saturated heterocycles. The zero-order chi connectivity index (χ0) is 22.8. The van der Waals surface area contributed by atoms with Crippen LogP contribution in [0.1, 0.15) is 61.8 Å². The van der Waals surface area contributed by atoms with Crippen LogP contribution in [-0.2, 0) is 16.0 Å². The molecule has 0 bridgehead atoms. The molecule has 2 fully saturated rings. The molecule has 168 valence electrons. The number of rotatable bonds is 5. The Morgan fingerprint density at radius 2 is 1.78 bits per heavy atom. The lowest BCUT2D eigenvalue weighted by Gasteiger charge is -2.35. The number of benzene rings is 2.